The summed E-state index contributed by atoms with van der Waals surface area (Å²) in [4.78, 5) is 0. The van der Waals surface area contributed by atoms with E-state index in [1.54, 1.807) is 18.2 Å². The van der Waals surface area contributed by atoms with Gasteiger partial charge in [0.1, 0.15) is 11.9 Å². The van der Waals surface area contributed by atoms with Gasteiger partial charge in [-0.05, 0) is 25.0 Å². The summed E-state index contributed by atoms with van der Waals surface area (Å²) in [6.07, 6.45) is 2.01. The summed E-state index contributed by atoms with van der Waals surface area (Å²) in [5, 5.41) is 0. The Bertz CT molecular complexity index is 369. The highest BCUT2D eigenvalue weighted by atomic mass is 19.1. The van der Waals surface area contributed by atoms with Gasteiger partial charge in [-0.1, -0.05) is 24.0 Å². The number of ether oxygens (including phenoxy) is 1. The van der Waals surface area contributed by atoms with E-state index >= 15 is 0 Å². The molecule has 0 bridgehead atoms. The van der Waals surface area contributed by atoms with Crippen LogP contribution in [0.25, 0.3) is 0 Å². The van der Waals surface area contributed by atoms with E-state index in [0.29, 0.717) is 5.56 Å². The standard InChI is InChI=1S/C12H11FO/c13-12-6-2-1-4-10(12)7-8-11-5-3-9-14-11/h1-2,4,6,11H,3,5,9H2/t11-/m1/s1. The van der Waals surface area contributed by atoms with Crippen molar-refractivity contribution in [2.45, 2.75) is 18.9 Å². The van der Waals surface area contributed by atoms with Crippen molar-refractivity contribution in [3.05, 3.63) is 35.6 Å². The molecule has 0 N–H and O–H groups in total. The van der Waals surface area contributed by atoms with Gasteiger partial charge in [-0.25, -0.2) is 4.39 Å². The van der Waals surface area contributed by atoms with Crippen LogP contribution in [0.1, 0.15) is 18.4 Å². The number of halogens is 1. The zero-order valence-electron chi connectivity index (χ0n) is 7.79. The molecule has 0 spiro atoms. The van der Waals surface area contributed by atoms with E-state index in [1.165, 1.54) is 6.07 Å². The quantitative estimate of drug-likeness (QED) is 0.570. The largest absolute Gasteiger partial charge is 0.366 e. The first-order valence-corrected chi connectivity index (χ1v) is 4.74. The lowest BCUT2D eigenvalue weighted by atomic mass is 10.2. The normalized spacial score (nSPS) is 20.2. The van der Waals surface area contributed by atoms with E-state index in [0.717, 1.165) is 19.4 Å². The molecular formula is C12H11FO. The van der Waals surface area contributed by atoms with Crippen molar-refractivity contribution >= 4 is 0 Å². The van der Waals surface area contributed by atoms with Crippen LogP contribution in [0.15, 0.2) is 24.3 Å². The first-order valence-electron chi connectivity index (χ1n) is 4.74. The molecule has 1 saturated heterocycles. The van der Waals surface area contributed by atoms with Crippen LogP contribution in [0, 0.1) is 17.7 Å². The van der Waals surface area contributed by atoms with Crippen molar-refractivity contribution in [2.75, 3.05) is 6.61 Å². The number of rotatable bonds is 0. The van der Waals surface area contributed by atoms with Gasteiger partial charge in [0.25, 0.3) is 0 Å². The fourth-order valence-electron chi connectivity index (χ4n) is 1.41. The lowest BCUT2D eigenvalue weighted by Crippen LogP contribution is -1.99. The predicted octanol–water partition coefficient (Wildman–Crippen LogP) is 2.36. The van der Waals surface area contributed by atoms with Gasteiger partial charge in [-0.15, -0.1) is 0 Å². The maximum Gasteiger partial charge on any atom is 0.138 e. The molecule has 2 rings (SSSR count). The molecule has 0 amide bonds. The molecule has 1 nitrogen and oxygen atoms in total. The molecule has 1 aliphatic heterocycles. The van der Waals surface area contributed by atoms with Crippen molar-refractivity contribution in [2.24, 2.45) is 0 Å². The predicted molar refractivity (Wildman–Crippen MR) is 52.3 cm³/mol. The van der Waals surface area contributed by atoms with Crippen molar-refractivity contribution < 1.29 is 9.13 Å². The van der Waals surface area contributed by atoms with E-state index < -0.39 is 0 Å². The third-order valence-electron chi connectivity index (χ3n) is 2.17. The highest BCUT2D eigenvalue weighted by molar-refractivity contribution is 5.36. The van der Waals surface area contributed by atoms with Gasteiger partial charge in [-0.2, -0.15) is 0 Å². The Labute approximate surface area is 82.9 Å². The maximum absolute atomic E-state index is 13.1. The Hall–Kier alpha value is -1.33. The molecule has 1 aliphatic rings. The summed E-state index contributed by atoms with van der Waals surface area (Å²) in [6.45, 7) is 0.774. The second-order valence-electron chi connectivity index (χ2n) is 3.25. The zero-order chi connectivity index (χ0) is 9.80. The first kappa shape index (κ1) is 9.23. The van der Waals surface area contributed by atoms with Crippen LogP contribution in [0.5, 0.6) is 0 Å². The van der Waals surface area contributed by atoms with E-state index in [9.17, 15) is 4.39 Å². The molecule has 2 heteroatoms. The minimum atomic E-state index is -0.266. The van der Waals surface area contributed by atoms with Crippen LogP contribution in [-0.4, -0.2) is 12.7 Å². The van der Waals surface area contributed by atoms with Gasteiger partial charge in [0.15, 0.2) is 0 Å². The monoisotopic (exact) mass is 190 g/mol. The summed E-state index contributed by atoms with van der Waals surface area (Å²) in [5.41, 5.74) is 0.447. The summed E-state index contributed by atoms with van der Waals surface area (Å²) >= 11 is 0. The topological polar surface area (TPSA) is 9.23 Å². The van der Waals surface area contributed by atoms with E-state index in [-0.39, 0.29) is 11.9 Å². The lowest BCUT2D eigenvalue weighted by molar-refractivity contribution is 0.152. The molecule has 1 atom stereocenters. The Balaban J connectivity index is 2.12. The summed E-state index contributed by atoms with van der Waals surface area (Å²) in [5.74, 6) is 5.47. The Kier molecular flexibility index (Phi) is 2.81. The summed E-state index contributed by atoms with van der Waals surface area (Å²) in [6, 6.07) is 6.53. The van der Waals surface area contributed by atoms with Crippen LogP contribution in [-0.2, 0) is 4.74 Å². The molecule has 1 aromatic carbocycles. The second kappa shape index (κ2) is 4.26. The third kappa shape index (κ3) is 2.12. The van der Waals surface area contributed by atoms with Crippen molar-refractivity contribution in [1.29, 1.82) is 0 Å². The molecule has 14 heavy (non-hydrogen) atoms. The minimum Gasteiger partial charge on any atom is -0.366 e. The SMILES string of the molecule is Fc1ccccc1C#C[C@H]1CCCO1. The van der Waals surface area contributed by atoms with Crippen molar-refractivity contribution in [3.8, 4) is 11.8 Å². The fraction of sp³-hybridized carbons (Fsp3) is 0.333. The minimum absolute atomic E-state index is 0.00499. The smallest absolute Gasteiger partial charge is 0.138 e. The molecule has 0 aromatic heterocycles. The van der Waals surface area contributed by atoms with E-state index in [4.69, 9.17) is 4.74 Å². The van der Waals surface area contributed by atoms with Gasteiger partial charge >= 0.3 is 0 Å². The highest BCUT2D eigenvalue weighted by Gasteiger charge is 2.11. The van der Waals surface area contributed by atoms with Crippen LogP contribution in [0.3, 0.4) is 0 Å². The maximum atomic E-state index is 13.1. The van der Waals surface area contributed by atoms with E-state index in [2.05, 4.69) is 11.8 Å². The van der Waals surface area contributed by atoms with Crippen LogP contribution in [0.4, 0.5) is 4.39 Å². The Morgan fingerprint density at radius 1 is 1.36 bits per heavy atom. The fourth-order valence-corrected chi connectivity index (χ4v) is 1.41. The Morgan fingerprint density at radius 3 is 2.93 bits per heavy atom. The zero-order valence-corrected chi connectivity index (χ0v) is 7.79. The molecule has 72 valence electrons. The average Bonchev–Trinajstić information content (AvgIpc) is 2.69. The molecular weight excluding hydrogens is 179 g/mol. The van der Waals surface area contributed by atoms with Crippen LogP contribution < -0.4 is 0 Å². The van der Waals surface area contributed by atoms with Crippen molar-refractivity contribution in [3.63, 3.8) is 0 Å². The number of benzene rings is 1. The van der Waals surface area contributed by atoms with Gasteiger partial charge in [0, 0.05) is 6.61 Å². The van der Waals surface area contributed by atoms with Crippen LogP contribution in [0.2, 0.25) is 0 Å². The highest BCUT2D eigenvalue weighted by Crippen LogP contribution is 2.11. The molecule has 0 radical (unpaired) electrons. The first-order chi connectivity index (χ1) is 6.86. The van der Waals surface area contributed by atoms with Gasteiger partial charge in [0.05, 0.1) is 5.56 Å². The van der Waals surface area contributed by atoms with Crippen LogP contribution >= 0.6 is 0 Å². The lowest BCUT2D eigenvalue weighted by Gasteiger charge is -1.97. The van der Waals surface area contributed by atoms with Gasteiger partial charge in [0.2, 0.25) is 0 Å². The van der Waals surface area contributed by atoms with E-state index in [1.807, 2.05) is 0 Å². The Morgan fingerprint density at radius 2 is 2.21 bits per heavy atom. The number of hydrogen-bond donors (Lipinski definition) is 0. The molecule has 0 unspecified atom stereocenters. The molecule has 0 saturated carbocycles. The molecule has 0 aliphatic carbocycles. The second-order valence-corrected chi connectivity index (χ2v) is 3.25. The number of hydrogen-bond acceptors (Lipinski definition) is 1. The third-order valence-corrected chi connectivity index (χ3v) is 2.17. The van der Waals surface area contributed by atoms with Gasteiger partial charge < -0.3 is 4.74 Å². The molecule has 1 aromatic rings. The summed E-state index contributed by atoms with van der Waals surface area (Å²) < 4.78 is 18.4. The molecule has 1 heterocycles. The summed E-state index contributed by atoms with van der Waals surface area (Å²) in [7, 11) is 0. The average molecular weight is 190 g/mol. The molecule has 1 fully saturated rings. The van der Waals surface area contributed by atoms with Gasteiger partial charge in [-0.3, -0.25) is 0 Å². The van der Waals surface area contributed by atoms with Crippen molar-refractivity contribution in [1.82, 2.24) is 0 Å².